The summed E-state index contributed by atoms with van der Waals surface area (Å²) in [5, 5.41) is 0. The molecule has 3 heterocycles. The number of fused-ring (bicyclic) bond motifs is 1. The highest BCUT2D eigenvalue weighted by Crippen LogP contribution is 2.30. The fourth-order valence-electron chi connectivity index (χ4n) is 4.11. The third-order valence-corrected chi connectivity index (χ3v) is 5.72. The summed E-state index contributed by atoms with van der Waals surface area (Å²) in [5.41, 5.74) is 13.4. The van der Waals surface area contributed by atoms with Crippen LogP contribution in [0.1, 0.15) is 5.56 Å². The lowest BCUT2D eigenvalue weighted by molar-refractivity contribution is 0.122. The highest BCUT2D eigenvalue weighted by Gasteiger charge is 2.14. The van der Waals surface area contributed by atoms with Gasteiger partial charge in [-0.2, -0.15) is 0 Å². The van der Waals surface area contributed by atoms with E-state index in [0.717, 1.165) is 59.7 Å². The first-order valence-corrected chi connectivity index (χ1v) is 10.4. The van der Waals surface area contributed by atoms with Gasteiger partial charge in [-0.3, -0.25) is 4.57 Å². The van der Waals surface area contributed by atoms with Gasteiger partial charge in [0.15, 0.2) is 0 Å². The van der Waals surface area contributed by atoms with Crippen LogP contribution in [0.3, 0.4) is 0 Å². The van der Waals surface area contributed by atoms with Gasteiger partial charge in [0, 0.05) is 41.8 Å². The summed E-state index contributed by atoms with van der Waals surface area (Å²) in [6.45, 7) is 5.35. The molecule has 1 saturated heterocycles. The summed E-state index contributed by atoms with van der Waals surface area (Å²) in [6.07, 6.45) is 1.83. The minimum atomic E-state index is 0.468. The molecule has 0 aliphatic carbocycles. The maximum atomic E-state index is 6.31. The first kappa shape index (κ1) is 19.4. The number of ether oxygens (including phenoxy) is 2. The van der Waals surface area contributed by atoms with Gasteiger partial charge in [0.05, 0.1) is 31.4 Å². The molecular formula is C24H25N5O2. The van der Waals surface area contributed by atoms with Crippen molar-refractivity contribution in [3.63, 3.8) is 0 Å². The lowest BCUT2D eigenvalue weighted by atomic mass is 10.1. The Morgan fingerprint density at radius 2 is 1.71 bits per heavy atom. The SMILES string of the molecule is COc1ncc(-c2ccc3nc(N)n(-c4ccc(N5CCOCC5)cc4)c3c2)cc1C. The van der Waals surface area contributed by atoms with E-state index < -0.39 is 0 Å². The van der Waals surface area contributed by atoms with E-state index in [9.17, 15) is 0 Å². The summed E-state index contributed by atoms with van der Waals surface area (Å²) in [7, 11) is 1.63. The molecule has 7 heteroatoms. The Hall–Kier alpha value is -3.58. The minimum Gasteiger partial charge on any atom is -0.481 e. The van der Waals surface area contributed by atoms with Crippen molar-refractivity contribution in [3.05, 3.63) is 60.3 Å². The Morgan fingerprint density at radius 3 is 2.42 bits per heavy atom. The van der Waals surface area contributed by atoms with Crippen LogP contribution in [0.2, 0.25) is 0 Å². The molecule has 1 aliphatic rings. The van der Waals surface area contributed by atoms with Gasteiger partial charge in [0.2, 0.25) is 11.8 Å². The molecule has 0 spiro atoms. The zero-order chi connectivity index (χ0) is 21.4. The van der Waals surface area contributed by atoms with Gasteiger partial charge in [0.1, 0.15) is 0 Å². The van der Waals surface area contributed by atoms with Gasteiger partial charge >= 0.3 is 0 Å². The highest BCUT2D eigenvalue weighted by molar-refractivity contribution is 5.86. The number of imidazole rings is 1. The number of pyridine rings is 1. The molecule has 0 radical (unpaired) electrons. The van der Waals surface area contributed by atoms with Crippen LogP contribution in [0.4, 0.5) is 11.6 Å². The van der Waals surface area contributed by atoms with E-state index in [1.807, 2.05) is 29.8 Å². The lowest BCUT2D eigenvalue weighted by Gasteiger charge is -2.29. The summed E-state index contributed by atoms with van der Waals surface area (Å²) < 4.78 is 12.7. The topological polar surface area (TPSA) is 78.4 Å². The van der Waals surface area contributed by atoms with E-state index in [4.69, 9.17) is 15.2 Å². The van der Waals surface area contributed by atoms with Crippen LogP contribution in [0.25, 0.3) is 27.8 Å². The van der Waals surface area contributed by atoms with Crippen molar-refractivity contribution >= 4 is 22.7 Å². The molecule has 4 aromatic rings. The smallest absolute Gasteiger partial charge is 0.215 e. The van der Waals surface area contributed by atoms with Crippen LogP contribution in [0.15, 0.2) is 54.7 Å². The number of nitrogens with zero attached hydrogens (tertiary/aromatic N) is 4. The summed E-state index contributed by atoms with van der Waals surface area (Å²) in [6, 6.07) is 16.7. The number of aromatic nitrogens is 3. The van der Waals surface area contributed by atoms with Crippen molar-refractivity contribution in [1.82, 2.24) is 14.5 Å². The van der Waals surface area contributed by atoms with Crippen molar-refractivity contribution in [2.24, 2.45) is 0 Å². The predicted molar refractivity (Wildman–Crippen MR) is 123 cm³/mol. The number of aryl methyl sites for hydroxylation is 1. The standard InChI is InChI=1S/C24H25N5O2/c1-16-13-18(15-26-23(16)30-2)17-3-8-21-22(14-17)29(24(25)27-21)20-6-4-19(5-7-20)28-9-11-31-12-10-28/h3-8,13-15H,9-12H2,1-2H3,(H2,25,27). The molecule has 2 aromatic heterocycles. The first-order chi connectivity index (χ1) is 15.1. The maximum absolute atomic E-state index is 6.31. The predicted octanol–water partition coefficient (Wildman–Crippen LogP) is 3.82. The van der Waals surface area contributed by atoms with E-state index in [-0.39, 0.29) is 0 Å². The minimum absolute atomic E-state index is 0.468. The number of nitrogens with two attached hydrogens (primary N) is 1. The maximum Gasteiger partial charge on any atom is 0.215 e. The monoisotopic (exact) mass is 415 g/mol. The van der Waals surface area contributed by atoms with Crippen LogP contribution < -0.4 is 15.4 Å². The van der Waals surface area contributed by atoms with Crippen molar-refractivity contribution in [1.29, 1.82) is 0 Å². The lowest BCUT2D eigenvalue weighted by Crippen LogP contribution is -2.36. The molecular weight excluding hydrogens is 390 g/mol. The molecule has 7 nitrogen and oxygen atoms in total. The molecule has 2 aromatic carbocycles. The van der Waals surface area contributed by atoms with E-state index in [1.165, 1.54) is 5.69 Å². The Balaban J connectivity index is 1.53. The van der Waals surface area contributed by atoms with Gasteiger partial charge in [-0.15, -0.1) is 0 Å². The Bertz CT molecular complexity index is 1230. The van der Waals surface area contributed by atoms with Crippen molar-refractivity contribution < 1.29 is 9.47 Å². The van der Waals surface area contributed by atoms with E-state index in [0.29, 0.717) is 11.8 Å². The van der Waals surface area contributed by atoms with Gasteiger partial charge in [0.25, 0.3) is 0 Å². The van der Waals surface area contributed by atoms with Gasteiger partial charge in [-0.25, -0.2) is 9.97 Å². The first-order valence-electron chi connectivity index (χ1n) is 10.4. The molecule has 2 N–H and O–H groups in total. The second-order valence-corrected chi connectivity index (χ2v) is 7.67. The third-order valence-electron chi connectivity index (χ3n) is 5.72. The molecule has 0 amide bonds. The fraction of sp³-hybridized carbons (Fsp3) is 0.250. The Kier molecular flexibility index (Phi) is 4.95. The summed E-state index contributed by atoms with van der Waals surface area (Å²) >= 11 is 0. The molecule has 0 atom stereocenters. The molecule has 0 unspecified atom stereocenters. The van der Waals surface area contributed by atoms with Gasteiger partial charge < -0.3 is 20.1 Å². The number of benzene rings is 2. The second-order valence-electron chi connectivity index (χ2n) is 7.67. The van der Waals surface area contributed by atoms with E-state index >= 15 is 0 Å². The molecule has 0 bridgehead atoms. The number of rotatable bonds is 4. The summed E-state index contributed by atoms with van der Waals surface area (Å²) in [5.74, 6) is 1.11. The Labute approximate surface area is 181 Å². The van der Waals surface area contributed by atoms with Crippen molar-refractivity contribution in [2.75, 3.05) is 44.0 Å². The molecule has 1 fully saturated rings. The molecule has 5 rings (SSSR count). The largest absolute Gasteiger partial charge is 0.481 e. The number of hydrogen-bond donors (Lipinski definition) is 1. The van der Waals surface area contributed by atoms with Crippen LogP contribution in [-0.4, -0.2) is 47.9 Å². The summed E-state index contributed by atoms with van der Waals surface area (Å²) in [4.78, 5) is 11.3. The van der Waals surface area contributed by atoms with E-state index in [2.05, 4.69) is 51.3 Å². The number of hydrogen-bond acceptors (Lipinski definition) is 6. The van der Waals surface area contributed by atoms with Crippen LogP contribution >= 0.6 is 0 Å². The number of morpholine rings is 1. The third kappa shape index (κ3) is 3.57. The average molecular weight is 415 g/mol. The number of methoxy groups -OCH3 is 1. The highest BCUT2D eigenvalue weighted by atomic mass is 16.5. The zero-order valence-corrected chi connectivity index (χ0v) is 17.7. The van der Waals surface area contributed by atoms with Crippen LogP contribution in [-0.2, 0) is 4.74 Å². The quantitative estimate of drug-likeness (QED) is 0.546. The number of nitrogen functional groups attached to an aromatic ring is 1. The Morgan fingerprint density at radius 1 is 0.968 bits per heavy atom. The van der Waals surface area contributed by atoms with Crippen LogP contribution in [0.5, 0.6) is 5.88 Å². The average Bonchev–Trinajstić information content (AvgIpc) is 3.14. The van der Waals surface area contributed by atoms with Crippen molar-refractivity contribution in [2.45, 2.75) is 6.92 Å². The molecule has 0 saturated carbocycles. The van der Waals surface area contributed by atoms with Gasteiger partial charge in [-0.1, -0.05) is 6.07 Å². The second kappa shape index (κ2) is 7.92. The van der Waals surface area contributed by atoms with Crippen LogP contribution in [0, 0.1) is 6.92 Å². The fourth-order valence-corrected chi connectivity index (χ4v) is 4.11. The normalized spacial score (nSPS) is 14.2. The zero-order valence-electron chi connectivity index (χ0n) is 17.7. The molecule has 31 heavy (non-hydrogen) atoms. The number of anilines is 2. The molecule has 158 valence electrons. The molecule has 1 aliphatic heterocycles. The van der Waals surface area contributed by atoms with Gasteiger partial charge in [-0.05, 0) is 55.0 Å². The van der Waals surface area contributed by atoms with E-state index in [1.54, 1.807) is 7.11 Å². The van der Waals surface area contributed by atoms with Crippen molar-refractivity contribution in [3.8, 4) is 22.7 Å².